The molecule has 0 aliphatic carbocycles. The van der Waals surface area contributed by atoms with Crippen LogP contribution in [0.15, 0.2) is 24.5 Å². The summed E-state index contributed by atoms with van der Waals surface area (Å²) in [6, 6.07) is 3.84. The number of imide groups is 1. The van der Waals surface area contributed by atoms with Gasteiger partial charge in [0.2, 0.25) is 0 Å². The smallest absolute Gasteiger partial charge is 0.310 e. The van der Waals surface area contributed by atoms with Crippen LogP contribution in [-0.2, 0) is 11.3 Å². The molecule has 0 N–H and O–H groups in total. The minimum absolute atomic E-state index is 0.0413. The molecule has 6 nitrogen and oxygen atoms in total. The number of amides is 3. The second-order valence-electron chi connectivity index (χ2n) is 6.06. The van der Waals surface area contributed by atoms with Gasteiger partial charge < -0.3 is 4.90 Å². The summed E-state index contributed by atoms with van der Waals surface area (Å²) in [5.41, 5.74) is 0.559. The molecule has 0 atom stereocenters. The fraction of sp³-hybridized carbons (Fsp3) is 0.562. The first-order valence-electron chi connectivity index (χ1n) is 7.79. The van der Waals surface area contributed by atoms with Crippen LogP contribution >= 0.6 is 0 Å². The van der Waals surface area contributed by atoms with Crippen molar-refractivity contribution in [1.29, 1.82) is 0 Å². The van der Waals surface area contributed by atoms with Gasteiger partial charge in [0.05, 0.1) is 0 Å². The van der Waals surface area contributed by atoms with Crippen molar-refractivity contribution in [1.82, 2.24) is 19.7 Å². The van der Waals surface area contributed by atoms with Crippen LogP contribution in [-0.4, -0.2) is 63.8 Å². The van der Waals surface area contributed by atoms with Gasteiger partial charge in [0, 0.05) is 45.6 Å². The van der Waals surface area contributed by atoms with Gasteiger partial charge in [-0.05, 0) is 31.4 Å². The number of rotatable bonds is 3. The summed E-state index contributed by atoms with van der Waals surface area (Å²) in [6.45, 7) is 5.00. The number of nitrogens with zero attached hydrogens (tertiary/aromatic N) is 4. The quantitative estimate of drug-likeness (QED) is 0.791. The maximum atomic E-state index is 12.6. The molecule has 2 saturated heterocycles. The third-order valence-electron chi connectivity index (χ3n) is 4.87. The second kappa shape index (κ2) is 5.68. The number of hydrogen-bond donors (Lipinski definition) is 0. The Morgan fingerprint density at radius 2 is 2.00 bits per heavy atom. The molecule has 3 heterocycles. The van der Waals surface area contributed by atoms with E-state index < -0.39 is 5.54 Å². The fourth-order valence-electron chi connectivity index (χ4n) is 3.63. The Kier molecular flexibility index (Phi) is 3.87. The summed E-state index contributed by atoms with van der Waals surface area (Å²) in [5.74, 6) is -0.0413. The first-order valence-corrected chi connectivity index (χ1v) is 7.79. The van der Waals surface area contributed by atoms with E-state index in [2.05, 4.69) is 16.0 Å². The Balaban J connectivity index is 1.70. The van der Waals surface area contributed by atoms with E-state index in [1.54, 1.807) is 18.1 Å². The van der Waals surface area contributed by atoms with E-state index in [9.17, 15) is 9.59 Å². The van der Waals surface area contributed by atoms with Crippen LogP contribution in [0.4, 0.5) is 4.79 Å². The molecule has 2 fully saturated rings. The Bertz CT molecular complexity index is 567. The SMILES string of the molecule is CCN1C(=O)N(C)C(=O)C12CCN(Cc1cccnc1)CC2. The molecule has 0 radical (unpaired) electrons. The Morgan fingerprint density at radius 1 is 1.27 bits per heavy atom. The Morgan fingerprint density at radius 3 is 2.59 bits per heavy atom. The molecule has 0 bridgehead atoms. The van der Waals surface area contributed by atoms with E-state index in [4.69, 9.17) is 0 Å². The van der Waals surface area contributed by atoms with Crippen molar-refractivity contribution in [2.45, 2.75) is 31.8 Å². The number of piperidine rings is 1. The zero-order valence-corrected chi connectivity index (χ0v) is 13.2. The third-order valence-corrected chi connectivity index (χ3v) is 4.87. The van der Waals surface area contributed by atoms with Crippen molar-refractivity contribution < 1.29 is 9.59 Å². The van der Waals surface area contributed by atoms with Crippen LogP contribution in [0, 0.1) is 0 Å². The largest absolute Gasteiger partial charge is 0.327 e. The molecular formula is C16H22N4O2. The summed E-state index contributed by atoms with van der Waals surface area (Å²) >= 11 is 0. The van der Waals surface area contributed by atoms with Gasteiger partial charge in [-0.15, -0.1) is 0 Å². The van der Waals surface area contributed by atoms with E-state index in [0.717, 1.165) is 19.6 Å². The highest BCUT2D eigenvalue weighted by molar-refractivity contribution is 6.06. The van der Waals surface area contributed by atoms with Gasteiger partial charge in [0.15, 0.2) is 0 Å². The summed E-state index contributed by atoms with van der Waals surface area (Å²) in [4.78, 5) is 34.3. The van der Waals surface area contributed by atoms with Crippen molar-refractivity contribution in [3.05, 3.63) is 30.1 Å². The van der Waals surface area contributed by atoms with Gasteiger partial charge >= 0.3 is 6.03 Å². The molecular weight excluding hydrogens is 280 g/mol. The van der Waals surface area contributed by atoms with Crippen LogP contribution in [0.3, 0.4) is 0 Å². The zero-order valence-electron chi connectivity index (χ0n) is 13.2. The van der Waals surface area contributed by atoms with Crippen LogP contribution < -0.4 is 0 Å². The van der Waals surface area contributed by atoms with Crippen LogP contribution in [0.1, 0.15) is 25.3 Å². The molecule has 118 valence electrons. The Hall–Kier alpha value is -1.95. The summed E-state index contributed by atoms with van der Waals surface area (Å²) in [7, 11) is 1.59. The number of pyridine rings is 1. The minimum Gasteiger partial charge on any atom is -0.310 e. The number of likely N-dealkylation sites (tertiary alicyclic amines) is 1. The molecule has 1 spiro atoms. The average Bonchev–Trinajstić information content (AvgIpc) is 2.72. The summed E-state index contributed by atoms with van der Waals surface area (Å²) < 4.78 is 0. The molecule has 3 rings (SSSR count). The highest BCUT2D eigenvalue weighted by Crippen LogP contribution is 2.36. The van der Waals surface area contributed by atoms with E-state index in [1.165, 1.54) is 10.5 Å². The molecule has 0 saturated carbocycles. The molecule has 1 aromatic heterocycles. The highest BCUT2D eigenvalue weighted by atomic mass is 16.2. The number of carbonyl (C=O) groups excluding carboxylic acids is 2. The lowest BCUT2D eigenvalue weighted by atomic mass is 9.85. The fourth-order valence-corrected chi connectivity index (χ4v) is 3.63. The van der Waals surface area contributed by atoms with E-state index in [-0.39, 0.29) is 11.9 Å². The van der Waals surface area contributed by atoms with Crippen molar-refractivity contribution in [3.8, 4) is 0 Å². The van der Waals surface area contributed by atoms with Gasteiger partial charge in [0.25, 0.3) is 5.91 Å². The molecule has 1 aromatic rings. The molecule has 6 heteroatoms. The lowest BCUT2D eigenvalue weighted by molar-refractivity contribution is -0.134. The summed E-state index contributed by atoms with van der Waals surface area (Å²) in [5, 5.41) is 0. The van der Waals surface area contributed by atoms with Crippen molar-refractivity contribution in [3.63, 3.8) is 0 Å². The number of carbonyl (C=O) groups is 2. The lowest BCUT2D eigenvalue weighted by Gasteiger charge is -2.41. The van der Waals surface area contributed by atoms with Crippen molar-refractivity contribution >= 4 is 11.9 Å². The van der Waals surface area contributed by atoms with E-state index >= 15 is 0 Å². The van der Waals surface area contributed by atoms with Gasteiger partial charge in [-0.2, -0.15) is 0 Å². The van der Waals surface area contributed by atoms with Crippen molar-refractivity contribution in [2.24, 2.45) is 0 Å². The number of hydrogen-bond acceptors (Lipinski definition) is 4. The number of likely N-dealkylation sites (N-methyl/N-ethyl adjacent to an activating group) is 2. The second-order valence-corrected chi connectivity index (χ2v) is 6.06. The monoisotopic (exact) mass is 302 g/mol. The maximum absolute atomic E-state index is 12.6. The molecule has 22 heavy (non-hydrogen) atoms. The van der Waals surface area contributed by atoms with E-state index in [1.807, 2.05) is 19.2 Å². The minimum atomic E-state index is -0.619. The van der Waals surface area contributed by atoms with Crippen LogP contribution in [0.2, 0.25) is 0 Å². The maximum Gasteiger partial charge on any atom is 0.327 e. The van der Waals surface area contributed by atoms with Crippen LogP contribution in [0.25, 0.3) is 0 Å². The molecule has 2 aliphatic heterocycles. The zero-order chi connectivity index (χ0) is 15.7. The lowest BCUT2D eigenvalue weighted by Crippen LogP contribution is -2.56. The standard InChI is InChI=1S/C16H22N4O2/c1-3-20-15(22)18(2)14(21)16(20)6-9-19(10-7-16)12-13-5-4-8-17-11-13/h4-5,8,11H,3,6-7,9-10,12H2,1-2H3. The molecule has 2 aliphatic rings. The van der Waals surface area contributed by atoms with Gasteiger partial charge in [-0.1, -0.05) is 6.07 Å². The topological polar surface area (TPSA) is 56.8 Å². The van der Waals surface area contributed by atoms with Gasteiger partial charge in [0.1, 0.15) is 5.54 Å². The average molecular weight is 302 g/mol. The van der Waals surface area contributed by atoms with Crippen LogP contribution in [0.5, 0.6) is 0 Å². The normalized spacial score (nSPS) is 21.9. The van der Waals surface area contributed by atoms with Crippen molar-refractivity contribution in [2.75, 3.05) is 26.7 Å². The predicted molar refractivity (Wildman–Crippen MR) is 82.0 cm³/mol. The number of aromatic nitrogens is 1. The highest BCUT2D eigenvalue weighted by Gasteiger charge is 2.56. The Labute approximate surface area is 130 Å². The first-order chi connectivity index (χ1) is 10.6. The molecule has 0 aromatic carbocycles. The van der Waals surface area contributed by atoms with Gasteiger partial charge in [-0.3, -0.25) is 19.6 Å². The van der Waals surface area contributed by atoms with Gasteiger partial charge in [-0.25, -0.2) is 4.79 Å². The first kappa shape index (κ1) is 15.0. The molecule has 3 amide bonds. The number of urea groups is 1. The third kappa shape index (κ3) is 2.27. The summed E-state index contributed by atoms with van der Waals surface area (Å²) in [6.07, 6.45) is 5.05. The molecule has 0 unspecified atom stereocenters. The van der Waals surface area contributed by atoms with E-state index in [0.29, 0.717) is 19.4 Å². The predicted octanol–water partition coefficient (Wildman–Crippen LogP) is 1.33.